The number of amides is 1. The van der Waals surface area contributed by atoms with Crippen LogP contribution in [0.5, 0.6) is 0 Å². The number of carbonyl (C=O) groups is 1. The first-order chi connectivity index (χ1) is 9.90. The van der Waals surface area contributed by atoms with Gasteiger partial charge in [-0.3, -0.25) is 4.79 Å². The van der Waals surface area contributed by atoms with Gasteiger partial charge >= 0.3 is 0 Å². The average molecular weight is 290 g/mol. The van der Waals surface area contributed by atoms with E-state index in [0.29, 0.717) is 24.3 Å². The third kappa shape index (κ3) is 7.16. The number of nitrogens with one attached hydrogen (secondary N) is 2. The molecule has 3 heteroatoms. The lowest BCUT2D eigenvalue weighted by molar-refractivity contribution is -0.115. The van der Waals surface area contributed by atoms with Crippen molar-refractivity contribution < 1.29 is 4.79 Å². The summed E-state index contributed by atoms with van der Waals surface area (Å²) in [5.41, 5.74) is 1.98. The standard InChI is InChI=1S/C18H30N2O/c1-6-18(21)20-16-9-7-15(8-10-16)19-17(11-13(2)3)12-14(4)5/h7-10,13-14,17,19H,6,11-12H2,1-5H3,(H,20,21). The average Bonchev–Trinajstić information content (AvgIpc) is 2.39. The molecule has 0 bridgehead atoms. The smallest absolute Gasteiger partial charge is 0.224 e. The molecular weight excluding hydrogens is 260 g/mol. The van der Waals surface area contributed by atoms with E-state index in [1.54, 1.807) is 0 Å². The lowest BCUT2D eigenvalue weighted by atomic mass is 9.95. The van der Waals surface area contributed by atoms with Crippen molar-refractivity contribution in [2.75, 3.05) is 10.6 Å². The molecule has 0 heterocycles. The van der Waals surface area contributed by atoms with Gasteiger partial charge in [0.25, 0.3) is 0 Å². The highest BCUT2D eigenvalue weighted by molar-refractivity contribution is 5.90. The van der Waals surface area contributed by atoms with Crippen LogP contribution in [0.25, 0.3) is 0 Å². The predicted molar refractivity (Wildman–Crippen MR) is 91.7 cm³/mol. The monoisotopic (exact) mass is 290 g/mol. The predicted octanol–water partition coefficient (Wildman–Crippen LogP) is 4.91. The van der Waals surface area contributed by atoms with Crippen LogP contribution >= 0.6 is 0 Å². The van der Waals surface area contributed by atoms with Gasteiger partial charge in [-0.15, -0.1) is 0 Å². The molecule has 0 saturated carbocycles. The van der Waals surface area contributed by atoms with E-state index in [1.165, 1.54) is 12.8 Å². The first kappa shape index (κ1) is 17.5. The van der Waals surface area contributed by atoms with E-state index in [1.807, 2.05) is 31.2 Å². The maximum Gasteiger partial charge on any atom is 0.224 e. The Morgan fingerprint density at radius 1 is 0.952 bits per heavy atom. The first-order valence-corrected chi connectivity index (χ1v) is 8.07. The van der Waals surface area contributed by atoms with Crippen molar-refractivity contribution in [1.82, 2.24) is 0 Å². The molecule has 0 saturated heterocycles. The molecule has 0 aliphatic rings. The summed E-state index contributed by atoms with van der Waals surface area (Å²) in [5.74, 6) is 1.42. The minimum Gasteiger partial charge on any atom is -0.382 e. The summed E-state index contributed by atoms with van der Waals surface area (Å²) in [6, 6.07) is 8.49. The summed E-state index contributed by atoms with van der Waals surface area (Å²) in [6.07, 6.45) is 2.85. The van der Waals surface area contributed by atoms with Crippen LogP contribution in [-0.4, -0.2) is 11.9 Å². The van der Waals surface area contributed by atoms with Crippen LogP contribution in [0.3, 0.4) is 0 Å². The molecule has 0 aliphatic carbocycles. The SMILES string of the molecule is CCC(=O)Nc1ccc(NC(CC(C)C)CC(C)C)cc1. The Morgan fingerprint density at radius 2 is 1.43 bits per heavy atom. The zero-order valence-corrected chi connectivity index (χ0v) is 14.1. The van der Waals surface area contributed by atoms with E-state index in [0.717, 1.165) is 11.4 Å². The van der Waals surface area contributed by atoms with E-state index < -0.39 is 0 Å². The number of rotatable bonds is 8. The minimum atomic E-state index is 0.0493. The van der Waals surface area contributed by atoms with Gasteiger partial charge in [0.05, 0.1) is 0 Å². The normalized spacial score (nSPS) is 11.2. The molecule has 2 N–H and O–H groups in total. The Balaban J connectivity index is 2.64. The molecule has 118 valence electrons. The van der Waals surface area contributed by atoms with Crippen LogP contribution < -0.4 is 10.6 Å². The molecule has 0 aliphatic heterocycles. The Morgan fingerprint density at radius 3 is 1.86 bits per heavy atom. The van der Waals surface area contributed by atoms with Gasteiger partial charge in [0.15, 0.2) is 0 Å². The van der Waals surface area contributed by atoms with Crippen LogP contribution in [0.1, 0.15) is 53.9 Å². The van der Waals surface area contributed by atoms with Crippen LogP contribution in [0, 0.1) is 11.8 Å². The molecule has 3 nitrogen and oxygen atoms in total. The number of benzene rings is 1. The summed E-state index contributed by atoms with van der Waals surface area (Å²) in [5, 5.41) is 6.49. The van der Waals surface area contributed by atoms with Crippen LogP contribution in [0.15, 0.2) is 24.3 Å². The Labute approximate surface area is 129 Å². The topological polar surface area (TPSA) is 41.1 Å². The molecule has 1 amide bonds. The summed E-state index contributed by atoms with van der Waals surface area (Å²) >= 11 is 0. The van der Waals surface area contributed by atoms with Crippen molar-refractivity contribution in [2.24, 2.45) is 11.8 Å². The van der Waals surface area contributed by atoms with Gasteiger partial charge in [0.2, 0.25) is 5.91 Å². The zero-order valence-electron chi connectivity index (χ0n) is 14.1. The summed E-state index contributed by atoms with van der Waals surface area (Å²) in [6.45, 7) is 10.9. The molecule has 0 fully saturated rings. The van der Waals surface area contributed by atoms with Crippen molar-refractivity contribution >= 4 is 17.3 Å². The van der Waals surface area contributed by atoms with Gasteiger partial charge in [0.1, 0.15) is 0 Å². The zero-order chi connectivity index (χ0) is 15.8. The molecule has 1 aromatic rings. The summed E-state index contributed by atoms with van der Waals surface area (Å²) < 4.78 is 0. The van der Waals surface area contributed by atoms with E-state index in [-0.39, 0.29) is 5.91 Å². The highest BCUT2D eigenvalue weighted by atomic mass is 16.1. The quantitative estimate of drug-likeness (QED) is 0.714. The number of anilines is 2. The number of hydrogen-bond donors (Lipinski definition) is 2. The van der Waals surface area contributed by atoms with Gasteiger partial charge in [0, 0.05) is 23.8 Å². The minimum absolute atomic E-state index is 0.0493. The second-order valence-electron chi connectivity index (χ2n) is 6.58. The number of carbonyl (C=O) groups excluding carboxylic acids is 1. The molecular formula is C18H30N2O. The van der Waals surface area contributed by atoms with Gasteiger partial charge in [-0.05, 0) is 48.9 Å². The van der Waals surface area contributed by atoms with Crippen molar-refractivity contribution in [3.63, 3.8) is 0 Å². The van der Waals surface area contributed by atoms with Crippen LogP contribution in [-0.2, 0) is 4.79 Å². The van der Waals surface area contributed by atoms with Crippen LogP contribution in [0.2, 0.25) is 0 Å². The molecule has 21 heavy (non-hydrogen) atoms. The second-order valence-corrected chi connectivity index (χ2v) is 6.58. The lowest BCUT2D eigenvalue weighted by Crippen LogP contribution is -2.23. The third-order valence-corrected chi connectivity index (χ3v) is 3.37. The molecule has 0 spiro atoms. The van der Waals surface area contributed by atoms with E-state index in [4.69, 9.17) is 0 Å². The van der Waals surface area contributed by atoms with Crippen molar-refractivity contribution in [3.8, 4) is 0 Å². The largest absolute Gasteiger partial charge is 0.382 e. The fraction of sp³-hybridized carbons (Fsp3) is 0.611. The fourth-order valence-electron chi connectivity index (χ4n) is 2.49. The van der Waals surface area contributed by atoms with E-state index in [9.17, 15) is 4.79 Å². The molecule has 0 radical (unpaired) electrons. The number of hydrogen-bond acceptors (Lipinski definition) is 2. The fourth-order valence-corrected chi connectivity index (χ4v) is 2.49. The van der Waals surface area contributed by atoms with Crippen LogP contribution in [0.4, 0.5) is 11.4 Å². The highest BCUT2D eigenvalue weighted by Gasteiger charge is 2.12. The molecule has 1 rings (SSSR count). The van der Waals surface area contributed by atoms with E-state index >= 15 is 0 Å². The van der Waals surface area contributed by atoms with Gasteiger partial charge in [-0.1, -0.05) is 34.6 Å². The van der Waals surface area contributed by atoms with Crippen molar-refractivity contribution in [3.05, 3.63) is 24.3 Å². The van der Waals surface area contributed by atoms with Crippen molar-refractivity contribution in [2.45, 2.75) is 59.9 Å². The van der Waals surface area contributed by atoms with Gasteiger partial charge in [-0.2, -0.15) is 0 Å². The molecule has 0 unspecified atom stereocenters. The maximum absolute atomic E-state index is 11.4. The lowest BCUT2D eigenvalue weighted by Gasteiger charge is -2.23. The Bertz CT molecular complexity index is 413. The molecule has 0 aromatic heterocycles. The van der Waals surface area contributed by atoms with E-state index in [2.05, 4.69) is 38.3 Å². The van der Waals surface area contributed by atoms with Gasteiger partial charge in [-0.25, -0.2) is 0 Å². The Hall–Kier alpha value is -1.51. The van der Waals surface area contributed by atoms with Crippen molar-refractivity contribution in [1.29, 1.82) is 0 Å². The Kier molecular flexibility index (Phi) is 7.27. The highest BCUT2D eigenvalue weighted by Crippen LogP contribution is 2.20. The molecule has 1 aromatic carbocycles. The third-order valence-electron chi connectivity index (χ3n) is 3.37. The second kappa shape index (κ2) is 8.71. The maximum atomic E-state index is 11.4. The summed E-state index contributed by atoms with van der Waals surface area (Å²) in [7, 11) is 0. The first-order valence-electron chi connectivity index (χ1n) is 8.07. The summed E-state index contributed by atoms with van der Waals surface area (Å²) in [4.78, 5) is 11.4. The van der Waals surface area contributed by atoms with Gasteiger partial charge < -0.3 is 10.6 Å². The molecule has 0 atom stereocenters.